The molecule has 1 aromatic carbocycles. The summed E-state index contributed by atoms with van der Waals surface area (Å²) >= 11 is 1.70. The largest absolute Gasteiger partial charge is 0.277 e. The maximum Gasteiger partial charge on any atom is 0.230 e. The van der Waals surface area contributed by atoms with Gasteiger partial charge < -0.3 is 0 Å². The van der Waals surface area contributed by atoms with Crippen LogP contribution in [-0.2, 0) is 9.59 Å². The number of benzene rings is 1. The molecule has 0 aromatic heterocycles. The molecule has 2 aliphatic heterocycles. The van der Waals surface area contributed by atoms with Gasteiger partial charge in [-0.25, -0.2) is 0 Å². The monoisotopic (exact) mass is 260 g/mol. The quantitative estimate of drug-likeness (QED) is 0.764. The Morgan fingerprint density at radius 1 is 1.17 bits per heavy atom. The lowest BCUT2D eigenvalue weighted by Gasteiger charge is -2.19. The summed E-state index contributed by atoms with van der Waals surface area (Å²) < 4.78 is 0. The number of likely N-dealkylation sites (tertiary alicyclic amines) is 1. The molecule has 2 aliphatic rings. The van der Waals surface area contributed by atoms with Gasteiger partial charge in [0.15, 0.2) is 0 Å². The van der Waals surface area contributed by atoms with Crippen molar-refractivity contribution in [2.24, 2.45) is 4.99 Å². The molecule has 5 heteroatoms. The van der Waals surface area contributed by atoms with Crippen molar-refractivity contribution in [1.29, 1.82) is 0 Å². The highest BCUT2D eigenvalue weighted by Gasteiger charge is 2.30. The van der Waals surface area contributed by atoms with Crippen LogP contribution in [0.1, 0.15) is 12.8 Å². The zero-order valence-corrected chi connectivity index (χ0v) is 10.6. The molecule has 1 saturated heterocycles. The van der Waals surface area contributed by atoms with E-state index in [9.17, 15) is 9.59 Å². The highest BCUT2D eigenvalue weighted by molar-refractivity contribution is 8.00. The average molecular weight is 260 g/mol. The minimum absolute atomic E-state index is 0.0773. The van der Waals surface area contributed by atoms with Crippen LogP contribution in [0.25, 0.3) is 0 Å². The highest BCUT2D eigenvalue weighted by atomic mass is 32.2. The number of amides is 2. The van der Waals surface area contributed by atoms with Gasteiger partial charge in [-0.05, 0) is 12.1 Å². The summed E-state index contributed by atoms with van der Waals surface area (Å²) in [5.41, 5.74) is 1.82. The molecule has 92 valence electrons. The fourth-order valence-corrected chi connectivity index (χ4v) is 3.01. The molecule has 2 heterocycles. The molecule has 0 atom stereocenters. The van der Waals surface area contributed by atoms with Gasteiger partial charge in [0.05, 0.1) is 12.2 Å². The van der Waals surface area contributed by atoms with E-state index in [0.29, 0.717) is 19.4 Å². The molecule has 0 radical (unpaired) electrons. The summed E-state index contributed by atoms with van der Waals surface area (Å²) in [6.45, 7) is 0.346. The number of imide groups is 1. The third-order valence-electron chi connectivity index (χ3n) is 3.03. The average Bonchev–Trinajstić information content (AvgIpc) is 2.70. The van der Waals surface area contributed by atoms with Crippen LogP contribution in [0.15, 0.2) is 34.2 Å². The number of rotatable bonds is 2. The molecule has 0 bridgehead atoms. The zero-order valence-electron chi connectivity index (χ0n) is 9.76. The molecule has 0 saturated carbocycles. The maximum atomic E-state index is 11.5. The molecule has 0 N–H and O–H groups in total. The maximum absolute atomic E-state index is 11.5. The molecule has 2 amide bonds. The molecule has 0 unspecified atom stereocenters. The standard InChI is InChI=1S/C13H12N2O2S/c16-12-5-6-13(17)15(12)7-9-8-18-11-4-2-1-3-10(11)14-9/h1-4H,5-8H2. The molecular weight excluding hydrogens is 248 g/mol. The van der Waals surface area contributed by atoms with E-state index in [1.54, 1.807) is 11.8 Å². The molecular formula is C13H12N2O2S. The van der Waals surface area contributed by atoms with Crippen LogP contribution in [0.5, 0.6) is 0 Å². The van der Waals surface area contributed by atoms with Crippen molar-refractivity contribution < 1.29 is 9.59 Å². The van der Waals surface area contributed by atoms with Gasteiger partial charge >= 0.3 is 0 Å². The van der Waals surface area contributed by atoms with Crippen LogP contribution >= 0.6 is 11.8 Å². The number of aliphatic imine (C=N–C) groups is 1. The minimum Gasteiger partial charge on any atom is -0.277 e. The van der Waals surface area contributed by atoms with Gasteiger partial charge in [0, 0.05) is 29.2 Å². The molecule has 1 aromatic rings. The molecule has 3 rings (SSSR count). The lowest BCUT2D eigenvalue weighted by atomic mass is 10.3. The van der Waals surface area contributed by atoms with Gasteiger partial charge in [-0.1, -0.05) is 12.1 Å². The van der Waals surface area contributed by atoms with Crippen LogP contribution in [0, 0.1) is 0 Å². The number of hydrogen-bond acceptors (Lipinski definition) is 4. The number of thioether (sulfide) groups is 1. The van der Waals surface area contributed by atoms with Crippen LogP contribution < -0.4 is 0 Å². The molecule has 0 aliphatic carbocycles. The lowest BCUT2D eigenvalue weighted by molar-refractivity contribution is -0.137. The third kappa shape index (κ3) is 2.06. The summed E-state index contributed by atoms with van der Waals surface area (Å²) in [6.07, 6.45) is 0.686. The second kappa shape index (κ2) is 4.57. The molecule has 1 fully saturated rings. The van der Waals surface area contributed by atoms with Crippen molar-refractivity contribution >= 4 is 35.0 Å². The van der Waals surface area contributed by atoms with Gasteiger partial charge in [-0.15, -0.1) is 11.8 Å². The summed E-state index contributed by atoms with van der Waals surface area (Å²) in [7, 11) is 0. The Morgan fingerprint density at radius 3 is 2.67 bits per heavy atom. The topological polar surface area (TPSA) is 49.7 Å². The Balaban J connectivity index is 1.81. The first kappa shape index (κ1) is 11.5. The summed E-state index contributed by atoms with van der Waals surface area (Å²) in [6, 6.07) is 7.92. The predicted molar refractivity (Wildman–Crippen MR) is 70.2 cm³/mol. The smallest absolute Gasteiger partial charge is 0.230 e. The number of carbonyl (C=O) groups is 2. The Kier molecular flexibility index (Phi) is 2.91. The van der Waals surface area contributed by atoms with E-state index in [1.165, 1.54) is 4.90 Å². The molecule has 0 spiro atoms. The number of fused-ring (bicyclic) bond motifs is 1. The number of nitrogens with zero attached hydrogens (tertiary/aromatic N) is 2. The molecule has 18 heavy (non-hydrogen) atoms. The van der Waals surface area contributed by atoms with Gasteiger partial charge in [0.1, 0.15) is 0 Å². The number of hydrogen-bond donors (Lipinski definition) is 0. The van der Waals surface area contributed by atoms with Crippen LogP contribution in [-0.4, -0.2) is 34.7 Å². The lowest BCUT2D eigenvalue weighted by Crippen LogP contribution is -2.35. The number of carbonyl (C=O) groups excluding carboxylic acids is 2. The zero-order chi connectivity index (χ0) is 12.5. The van der Waals surface area contributed by atoms with Gasteiger partial charge in [0.2, 0.25) is 11.8 Å². The van der Waals surface area contributed by atoms with Crippen LogP contribution in [0.2, 0.25) is 0 Å². The molecule has 4 nitrogen and oxygen atoms in total. The Morgan fingerprint density at radius 2 is 1.89 bits per heavy atom. The van der Waals surface area contributed by atoms with Crippen molar-refractivity contribution in [2.75, 3.05) is 12.3 Å². The van der Waals surface area contributed by atoms with E-state index >= 15 is 0 Å². The van der Waals surface area contributed by atoms with Crippen molar-refractivity contribution in [3.63, 3.8) is 0 Å². The summed E-state index contributed by atoms with van der Waals surface area (Å²) in [5.74, 6) is 0.590. The Hall–Kier alpha value is -1.62. The fraction of sp³-hybridized carbons (Fsp3) is 0.308. The van der Waals surface area contributed by atoms with Crippen LogP contribution in [0.3, 0.4) is 0 Å². The van der Waals surface area contributed by atoms with Gasteiger partial charge in [0.25, 0.3) is 0 Å². The predicted octanol–water partition coefficient (Wildman–Crippen LogP) is 2.01. The summed E-state index contributed by atoms with van der Waals surface area (Å²) in [4.78, 5) is 30.1. The third-order valence-corrected chi connectivity index (χ3v) is 4.17. The van der Waals surface area contributed by atoms with E-state index in [2.05, 4.69) is 4.99 Å². The Bertz CT molecular complexity index is 538. The van der Waals surface area contributed by atoms with E-state index < -0.39 is 0 Å². The van der Waals surface area contributed by atoms with E-state index in [0.717, 1.165) is 22.0 Å². The first-order valence-electron chi connectivity index (χ1n) is 5.85. The Labute approximate surface area is 109 Å². The first-order valence-corrected chi connectivity index (χ1v) is 6.84. The van der Waals surface area contributed by atoms with Crippen molar-refractivity contribution in [3.05, 3.63) is 24.3 Å². The first-order chi connectivity index (χ1) is 8.74. The van der Waals surface area contributed by atoms with Crippen molar-refractivity contribution in [2.45, 2.75) is 17.7 Å². The second-order valence-electron chi connectivity index (χ2n) is 4.31. The van der Waals surface area contributed by atoms with E-state index in [-0.39, 0.29) is 11.8 Å². The van der Waals surface area contributed by atoms with E-state index in [4.69, 9.17) is 0 Å². The van der Waals surface area contributed by atoms with Crippen molar-refractivity contribution in [3.8, 4) is 0 Å². The highest BCUT2D eigenvalue weighted by Crippen LogP contribution is 2.33. The second-order valence-corrected chi connectivity index (χ2v) is 5.33. The normalized spacial score (nSPS) is 18.9. The van der Waals surface area contributed by atoms with Gasteiger partial charge in [-0.3, -0.25) is 19.5 Å². The van der Waals surface area contributed by atoms with Crippen molar-refractivity contribution in [1.82, 2.24) is 4.90 Å². The van der Waals surface area contributed by atoms with E-state index in [1.807, 2.05) is 24.3 Å². The SMILES string of the molecule is O=C1CCC(=O)N1CC1=Nc2ccccc2SC1. The minimum atomic E-state index is -0.0773. The summed E-state index contributed by atoms with van der Waals surface area (Å²) in [5, 5.41) is 0. The fourth-order valence-electron chi connectivity index (χ4n) is 2.10. The van der Waals surface area contributed by atoms with Crippen LogP contribution in [0.4, 0.5) is 5.69 Å². The van der Waals surface area contributed by atoms with Gasteiger partial charge in [-0.2, -0.15) is 0 Å². The number of para-hydroxylation sites is 1.